The molecular formula is C7H13N3OS. The lowest BCUT2D eigenvalue weighted by Crippen LogP contribution is -2.01. The minimum Gasteiger partial charge on any atom is -0.338 e. The van der Waals surface area contributed by atoms with Gasteiger partial charge in [0.05, 0.1) is 5.75 Å². The molecule has 0 spiro atoms. The monoisotopic (exact) mass is 187 g/mol. The Morgan fingerprint density at radius 3 is 3.00 bits per heavy atom. The zero-order chi connectivity index (χ0) is 8.81. The fraction of sp³-hybridized carbons (Fsp3) is 0.714. The summed E-state index contributed by atoms with van der Waals surface area (Å²) in [4.78, 5) is 4.16. The molecule has 0 atom stereocenters. The molecule has 2 N–H and O–H groups in total. The van der Waals surface area contributed by atoms with Crippen LogP contribution in [0.2, 0.25) is 0 Å². The lowest BCUT2D eigenvalue weighted by atomic mass is 10.5. The maximum atomic E-state index is 5.34. The van der Waals surface area contributed by atoms with Crippen LogP contribution in [-0.2, 0) is 12.2 Å². The van der Waals surface area contributed by atoms with Crippen molar-refractivity contribution in [3.05, 3.63) is 11.7 Å². The first-order valence-electron chi connectivity index (χ1n) is 3.96. The molecule has 5 heteroatoms. The van der Waals surface area contributed by atoms with Crippen molar-refractivity contribution in [1.29, 1.82) is 0 Å². The number of hydrogen-bond acceptors (Lipinski definition) is 5. The predicted molar refractivity (Wildman–Crippen MR) is 48.9 cm³/mol. The molecule has 0 aliphatic rings. The Kier molecular flexibility index (Phi) is 4.10. The van der Waals surface area contributed by atoms with E-state index < -0.39 is 0 Å². The molecular weight excluding hydrogens is 174 g/mol. The molecule has 1 heterocycles. The molecule has 0 aromatic carbocycles. The fourth-order valence-electron chi connectivity index (χ4n) is 0.735. The number of aryl methyl sites for hydroxylation is 1. The largest absolute Gasteiger partial charge is 0.338 e. The summed E-state index contributed by atoms with van der Waals surface area (Å²) in [6.07, 6.45) is 0.824. The zero-order valence-corrected chi connectivity index (χ0v) is 7.93. The summed E-state index contributed by atoms with van der Waals surface area (Å²) in [5.41, 5.74) is 5.34. The van der Waals surface area contributed by atoms with E-state index in [9.17, 15) is 0 Å². The molecule has 1 aromatic heterocycles. The molecule has 0 saturated heterocycles. The van der Waals surface area contributed by atoms with Crippen molar-refractivity contribution in [2.45, 2.75) is 19.1 Å². The molecule has 0 amide bonds. The van der Waals surface area contributed by atoms with E-state index in [0.29, 0.717) is 12.4 Å². The first kappa shape index (κ1) is 9.54. The molecule has 0 unspecified atom stereocenters. The summed E-state index contributed by atoms with van der Waals surface area (Å²) in [7, 11) is 0. The van der Waals surface area contributed by atoms with Gasteiger partial charge in [-0.1, -0.05) is 12.1 Å². The van der Waals surface area contributed by atoms with E-state index >= 15 is 0 Å². The summed E-state index contributed by atoms with van der Waals surface area (Å²) in [5.74, 6) is 3.18. The van der Waals surface area contributed by atoms with Crippen LogP contribution in [0.1, 0.15) is 18.6 Å². The van der Waals surface area contributed by atoms with Crippen molar-refractivity contribution >= 4 is 11.8 Å². The second kappa shape index (κ2) is 5.16. The second-order valence-corrected chi connectivity index (χ2v) is 3.40. The summed E-state index contributed by atoms with van der Waals surface area (Å²) >= 11 is 1.71. The molecule has 0 fully saturated rings. The molecule has 0 radical (unpaired) electrons. The van der Waals surface area contributed by atoms with Gasteiger partial charge in [0.25, 0.3) is 0 Å². The van der Waals surface area contributed by atoms with Gasteiger partial charge in [0, 0.05) is 18.7 Å². The van der Waals surface area contributed by atoms with Gasteiger partial charge in [0.15, 0.2) is 5.82 Å². The number of rotatable bonds is 5. The Bertz CT molecular complexity index is 226. The van der Waals surface area contributed by atoms with Gasteiger partial charge in [0.1, 0.15) is 0 Å². The Labute approximate surface area is 75.9 Å². The average Bonchev–Trinajstić information content (AvgIpc) is 2.53. The van der Waals surface area contributed by atoms with Crippen LogP contribution in [-0.4, -0.2) is 22.4 Å². The van der Waals surface area contributed by atoms with Crippen LogP contribution in [0.15, 0.2) is 4.52 Å². The highest BCUT2D eigenvalue weighted by Crippen LogP contribution is 2.09. The Morgan fingerprint density at radius 2 is 2.42 bits per heavy atom. The molecule has 12 heavy (non-hydrogen) atoms. The molecule has 0 saturated carbocycles. The number of nitrogens with zero attached hydrogens (tertiary/aromatic N) is 2. The van der Waals surface area contributed by atoms with E-state index in [-0.39, 0.29) is 0 Å². The van der Waals surface area contributed by atoms with Crippen LogP contribution in [0.3, 0.4) is 0 Å². The number of hydrogen-bond donors (Lipinski definition) is 1. The van der Waals surface area contributed by atoms with E-state index in [1.165, 1.54) is 0 Å². The van der Waals surface area contributed by atoms with Crippen molar-refractivity contribution in [2.24, 2.45) is 5.73 Å². The highest BCUT2D eigenvalue weighted by Gasteiger charge is 2.02. The Hall–Kier alpha value is -0.550. The van der Waals surface area contributed by atoms with Gasteiger partial charge < -0.3 is 10.3 Å². The maximum Gasteiger partial charge on any atom is 0.236 e. The molecule has 0 aliphatic carbocycles. The smallest absolute Gasteiger partial charge is 0.236 e. The van der Waals surface area contributed by atoms with E-state index in [1.54, 1.807) is 11.8 Å². The number of aromatic nitrogens is 2. The molecule has 1 rings (SSSR count). The van der Waals surface area contributed by atoms with E-state index in [2.05, 4.69) is 10.1 Å². The topological polar surface area (TPSA) is 64.9 Å². The number of thioether (sulfide) groups is 1. The van der Waals surface area contributed by atoms with Gasteiger partial charge >= 0.3 is 0 Å². The predicted octanol–water partition coefficient (Wildman–Crippen LogP) is 0.824. The minimum absolute atomic E-state index is 0.694. The van der Waals surface area contributed by atoms with Gasteiger partial charge in [-0.25, -0.2) is 0 Å². The third-order valence-corrected chi connectivity index (χ3v) is 2.29. The first-order chi connectivity index (χ1) is 5.86. The van der Waals surface area contributed by atoms with Crippen LogP contribution in [0.4, 0.5) is 0 Å². The summed E-state index contributed by atoms with van der Waals surface area (Å²) in [5, 5.41) is 3.78. The summed E-state index contributed by atoms with van der Waals surface area (Å²) in [6.45, 7) is 2.70. The molecule has 0 bridgehead atoms. The van der Waals surface area contributed by atoms with E-state index in [4.69, 9.17) is 10.3 Å². The normalized spacial score (nSPS) is 10.5. The zero-order valence-electron chi connectivity index (χ0n) is 7.12. The molecule has 68 valence electrons. The van der Waals surface area contributed by atoms with E-state index in [0.717, 1.165) is 23.8 Å². The average molecular weight is 187 g/mol. The van der Waals surface area contributed by atoms with Crippen molar-refractivity contribution < 1.29 is 4.52 Å². The summed E-state index contributed by atoms with van der Waals surface area (Å²) < 4.78 is 4.98. The van der Waals surface area contributed by atoms with Crippen molar-refractivity contribution in [2.75, 3.05) is 12.3 Å². The van der Waals surface area contributed by atoms with Crippen LogP contribution in [0.25, 0.3) is 0 Å². The SMILES string of the molecule is CCc1noc(CSCCN)n1. The first-order valence-corrected chi connectivity index (χ1v) is 5.11. The molecule has 1 aromatic rings. The quantitative estimate of drug-likeness (QED) is 0.691. The lowest BCUT2D eigenvalue weighted by molar-refractivity contribution is 0.385. The van der Waals surface area contributed by atoms with Crippen LogP contribution in [0, 0.1) is 0 Å². The van der Waals surface area contributed by atoms with Crippen molar-refractivity contribution in [1.82, 2.24) is 10.1 Å². The third kappa shape index (κ3) is 2.83. The number of nitrogens with two attached hydrogens (primary N) is 1. The fourth-order valence-corrected chi connectivity index (χ4v) is 1.34. The molecule has 4 nitrogen and oxygen atoms in total. The maximum absolute atomic E-state index is 5.34. The van der Waals surface area contributed by atoms with E-state index in [1.807, 2.05) is 6.92 Å². The standard InChI is InChI=1S/C7H13N3OS/c1-2-6-9-7(11-10-6)5-12-4-3-8/h2-5,8H2,1H3. The highest BCUT2D eigenvalue weighted by molar-refractivity contribution is 7.98. The van der Waals surface area contributed by atoms with Crippen LogP contribution < -0.4 is 5.73 Å². The lowest BCUT2D eigenvalue weighted by Gasteiger charge is -1.91. The van der Waals surface area contributed by atoms with Gasteiger partial charge in [-0.15, -0.1) is 0 Å². The Morgan fingerprint density at radius 1 is 1.58 bits per heavy atom. The highest BCUT2D eigenvalue weighted by atomic mass is 32.2. The van der Waals surface area contributed by atoms with Gasteiger partial charge in [-0.05, 0) is 0 Å². The van der Waals surface area contributed by atoms with Crippen molar-refractivity contribution in [3.8, 4) is 0 Å². The van der Waals surface area contributed by atoms with Crippen LogP contribution in [0.5, 0.6) is 0 Å². The van der Waals surface area contributed by atoms with Crippen LogP contribution >= 0.6 is 11.8 Å². The molecule has 0 aliphatic heterocycles. The van der Waals surface area contributed by atoms with Gasteiger partial charge in [-0.3, -0.25) is 0 Å². The minimum atomic E-state index is 0.694. The third-order valence-electron chi connectivity index (χ3n) is 1.31. The van der Waals surface area contributed by atoms with Gasteiger partial charge in [0.2, 0.25) is 5.89 Å². The van der Waals surface area contributed by atoms with Gasteiger partial charge in [-0.2, -0.15) is 16.7 Å². The Balaban J connectivity index is 2.31. The van der Waals surface area contributed by atoms with Crippen molar-refractivity contribution in [3.63, 3.8) is 0 Å². The summed E-state index contributed by atoms with van der Waals surface area (Å²) in [6, 6.07) is 0. The second-order valence-electron chi connectivity index (χ2n) is 2.30.